The van der Waals surface area contributed by atoms with Gasteiger partial charge in [0.1, 0.15) is 0 Å². The third kappa shape index (κ3) is 3.75. The highest BCUT2D eigenvalue weighted by atomic mass is 35.5. The monoisotopic (exact) mass is 378 g/mol. The molecule has 26 heavy (non-hydrogen) atoms. The van der Waals surface area contributed by atoms with Crippen LogP contribution in [0.4, 0.5) is 0 Å². The van der Waals surface area contributed by atoms with Crippen LogP contribution in [0, 0.1) is 5.92 Å². The molecule has 1 aromatic carbocycles. The molecule has 7 heteroatoms. The first-order chi connectivity index (χ1) is 12.6. The molecule has 1 saturated carbocycles. The topological polar surface area (TPSA) is 67.9 Å². The number of ether oxygens (including phenoxy) is 2. The summed E-state index contributed by atoms with van der Waals surface area (Å²) in [6.45, 7) is 2.25. The van der Waals surface area contributed by atoms with Crippen molar-refractivity contribution in [3.8, 4) is 11.5 Å². The number of fused-ring (bicyclic) bond motifs is 1. The molecule has 3 aliphatic rings. The Bertz CT molecular complexity index is 712. The summed E-state index contributed by atoms with van der Waals surface area (Å²) in [6.07, 6.45) is 4.36. The van der Waals surface area contributed by atoms with Crippen LogP contribution in [0.25, 0.3) is 0 Å². The number of halogens is 1. The molecule has 6 nitrogen and oxygen atoms in total. The van der Waals surface area contributed by atoms with Gasteiger partial charge in [-0.2, -0.15) is 0 Å². The van der Waals surface area contributed by atoms with Gasteiger partial charge in [-0.15, -0.1) is 0 Å². The second-order valence-electron chi connectivity index (χ2n) is 7.19. The van der Waals surface area contributed by atoms with E-state index >= 15 is 0 Å². The van der Waals surface area contributed by atoms with Gasteiger partial charge >= 0.3 is 0 Å². The third-order valence-corrected chi connectivity index (χ3v) is 5.41. The summed E-state index contributed by atoms with van der Waals surface area (Å²) < 4.78 is 11.3. The Labute approximate surface area is 157 Å². The van der Waals surface area contributed by atoms with Gasteiger partial charge in [0.05, 0.1) is 18.2 Å². The lowest BCUT2D eigenvalue weighted by molar-refractivity contribution is -0.126. The molecule has 140 valence electrons. The Morgan fingerprint density at radius 3 is 2.54 bits per heavy atom. The normalized spacial score (nSPS) is 20.4. The predicted octanol–water partition coefficient (Wildman–Crippen LogP) is 2.63. The van der Waals surface area contributed by atoms with Crippen LogP contribution in [0.3, 0.4) is 0 Å². The van der Waals surface area contributed by atoms with E-state index in [4.69, 9.17) is 21.1 Å². The molecule has 2 heterocycles. The summed E-state index contributed by atoms with van der Waals surface area (Å²) in [5, 5.41) is 3.45. The molecule has 0 aromatic heterocycles. The first-order valence-electron chi connectivity index (χ1n) is 9.30. The number of nitrogens with one attached hydrogen (secondary N) is 1. The van der Waals surface area contributed by atoms with Crippen molar-refractivity contribution in [1.82, 2.24) is 10.2 Å². The smallest absolute Gasteiger partial charge is 0.254 e. The number of nitrogens with zero attached hydrogens (tertiary/aromatic N) is 1. The highest BCUT2D eigenvalue weighted by Crippen LogP contribution is 2.38. The van der Waals surface area contributed by atoms with E-state index in [1.807, 2.05) is 0 Å². The van der Waals surface area contributed by atoms with Crippen molar-refractivity contribution in [2.75, 3.05) is 26.3 Å². The highest BCUT2D eigenvalue weighted by molar-refractivity contribution is 6.32. The van der Waals surface area contributed by atoms with Crippen molar-refractivity contribution in [3.05, 3.63) is 22.7 Å². The van der Waals surface area contributed by atoms with Gasteiger partial charge in [-0.1, -0.05) is 11.6 Å². The minimum Gasteiger partial charge on any atom is -0.489 e. The van der Waals surface area contributed by atoms with Crippen molar-refractivity contribution in [2.24, 2.45) is 5.92 Å². The van der Waals surface area contributed by atoms with Crippen LogP contribution in [0.15, 0.2) is 12.1 Å². The van der Waals surface area contributed by atoms with Gasteiger partial charge in [-0.25, -0.2) is 0 Å². The maximum Gasteiger partial charge on any atom is 0.254 e. The Hall–Kier alpha value is -1.95. The van der Waals surface area contributed by atoms with Crippen molar-refractivity contribution < 1.29 is 19.1 Å². The summed E-state index contributed by atoms with van der Waals surface area (Å²) in [6, 6.07) is 3.73. The van der Waals surface area contributed by atoms with Gasteiger partial charge in [-0.05, 0) is 37.8 Å². The van der Waals surface area contributed by atoms with Crippen LogP contribution in [-0.2, 0) is 4.79 Å². The van der Waals surface area contributed by atoms with E-state index in [1.165, 1.54) is 0 Å². The summed E-state index contributed by atoms with van der Waals surface area (Å²) in [5.41, 5.74) is 0.500. The van der Waals surface area contributed by atoms with E-state index in [0.717, 1.165) is 19.3 Å². The number of hydrogen-bond acceptors (Lipinski definition) is 4. The van der Waals surface area contributed by atoms with E-state index in [9.17, 15) is 9.59 Å². The number of carbonyl (C=O) groups excluding carboxylic acids is 2. The van der Waals surface area contributed by atoms with Gasteiger partial charge < -0.3 is 19.7 Å². The fraction of sp³-hybridized carbons (Fsp3) is 0.579. The van der Waals surface area contributed by atoms with E-state index in [1.54, 1.807) is 17.0 Å². The minimum absolute atomic E-state index is 0.00650. The zero-order valence-electron chi connectivity index (χ0n) is 14.6. The fourth-order valence-electron chi connectivity index (χ4n) is 3.43. The third-order valence-electron chi connectivity index (χ3n) is 5.13. The van der Waals surface area contributed by atoms with Crippen LogP contribution in [0.1, 0.15) is 42.5 Å². The number of carbonyl (C=O) groups is 2. The van der Waals surface area contributed by atoms with E-state index in [0.29, 0.717) is 67.3 Å². The number of likely N-dealkylation sites (tertiary alicyclic amines) is 1. The average molecular weight is 379 g/mol. The maximum atomic E-state index is 12.9. The summed E-state index contributed by atoms with van der Waals surface area (Å²) in [5.74, 6) is 1.10. The van der Waals surface area contributed by atoms with E-state index < -0.39 is 0 Å². The second-order valence-corrected chi connectivity index (χ2v) is 7.59. The molecule has 0 radical (unpaired) electrons. The zero-order valence-corrected chi connectivity index (χ0v) is 15.4. The van der Waals surface area contributed by atoms with Crippen molar-refractivity contribution in [1.29, 1.82) is 0 Å². The highest BCUT2D eigenvalue weighted by Gasteiger charge is 2.31. The lowest BCUT2D eigenvalue weighted by atomic mass is 9.95. The van der Waals surface area contributed by atoms with E-state index in [2.05, 4.69) is 5.32 Å². The average Bonchev–Trinajstić information content (AvgIpc) is 3.48. The molecule has 2 fully saturated rings. The molecule has 0 bridgehead atoms. The van der Waals surface area contributed by atoms with Gasteiger partial charge in [-0.3, -0.25) is 9.59 Å². The summed E-state index contributed by atoms with van der Waals surface area (Å²) in [7, 11) is 0. The Morgan fingerprint density at radius 2 is 1.81 bits per heavy atom. The molecule has 1 aromatic rings. The Kier molecular flexibility index (Phi) is 4.94. The van der Waals surface area contributed by atoms with E-state index in [-0.39, 0.29) is 17.7 Å². The molecule has 2 aliphatic heterocycles. The largest absolute Gasteiger partial charge is 0.489 e. The molecule has 0 spiro atoms. The molecule has 1 N–H and O–H groups in total. The number of rotatable bonds is 3. The number of amides is 2. The summed E-state index contributed by atoms with van der Waals surface area (Å²) in [4.78, 5) is 26.8. The standard InChI is InChI=1S/C19H23ClN2O4/c20-15-10-13(11-16-17(15)26-9-1-8-25-16)19(24)22-6-4-12(5-7-22)18(23)21-14-2-3-14/h10-12,14H,1-9H2,(H,21,23). The SMILES string of the molecule is O=C(NC1CC1)C1CCN(C(=O)c2cc(Cl)c3c(c2)OCCCO3)CC1. The van der Waals surface area contributed by atoms with Crippen molar-refractivity contribution in [2.45, 2.75) is 38.1 Å². The maximum absolute atomic E-state index is 12.9. The predicted molar refractivity (Wildman–Crippen MR) is 96.9 cm³/mol. The van der Waals surface area contributed by atoms with Crippen molar-refractivity contribution >= 4 is 23.4 Å². The number of hydrogen-bond donors (Lipinski definition) is 1. The van der Waals surface area contributed by atoms with Crippen LogP contribution < -0.4 is 14.8 Å². The first kappa shape index (κ1) is 17.5. The Balaban J connectivity index is 1.41. The molecule has 0 atom stereocenters. The second kappa shape index (κ2) is 7.35. The van der Waals surface area contributed by atoms with Crippen molar-refractivity contribution in [3.63, 3.8) is 0 Å². The van der Waals surface area contributed by atoms with Crippen LogP contribution in [-0.4, -0.2) is 49.1 Å². The lowest BCUT2D eigenvalue weighted by Gasteiger charge is -2.31. The molecule has 1 saturated heterocycles. The molecular weight excluding hydrogens is 356 g/mol. The van der Waals surface area contributed by atoms with Gasteiger partial charge in [0, 0.05) is 37.0 Å². The number of piperidine rings is 1. The fourth-order valence-corrected chi connectivity index (χ4v) is 3.69. The Morgan fingerprint density at radius 1 is 1.08 bits per heavy atom. The van der Waals surface area contributed by atoms with Crippen LogP contribution in [0.2, 0.25) is 5.02 Å². The lowest BCUT2D eigenvalue weighted by Crippen LogP contribution is -2.43. The number of benzene rings is 1. The van der Waals surface area contributed by atoms with Gasteiger partial charge in [0.15, 0.2) is 11.5 Å². The quantitative estimate of drug-likeness (QED) is 0.878. The molecular formula is C19H23ClN2O4. The molecule has 0 unspecified atom stereocenters. The first-order valence-corrected chi connectivity index (χ1v) is 9.68. The van der Waals surface area contributed by atoms with Crippen LogP contribution >= 0.6 is 11.6 Å². The van der Waals surface area contributed by atoms with Crippen LogP contribution in [0.5, 0.6) is 11.5 Å². The minimum atomic E-state index is -0.0800. The van der Waals surface area contributed by atoms with Gasteiger partial charge in [0.2, 0.25) is 5.91 Å². The molecule has 2 amide bonds. The van der Waals surface area contributed by atoms with Gasteiger partial charge in [0.25, 0.3) is 5.91 Å². The summed E-state index contributed by atoms with van der Waals surface area (Å²) >= 11 is 6.29. The molecule has 1 aliphatic carbocycles. The zero-order chi connectivity index (χ0) is 18.1. The molecule has 4 rings (SSSR count).